The Morgan fingerprint density at radius 2 is 1.65 bits per heavy atom. The number of benzene rings is 1. The summed E-state index contributed by atoms with van der Waals surface area (Å²) in [5.74, 6) is 0.926. The van der Waals surface area contributed by atoms with Crippen molar-refractivity contribution >= 4 is 11.8 Å². The Morgan fingerprint density at radius 1 is 1.00 bits per heavy atom. The van der Waals surface area contributed by atoms with Crippen molar-refractivity contribution < 1.29 is 0 Å². The molecule has 3 heteroatoms. The van der Waals surface area contributed by atoms with Gasteiger partial charge in [0.2, 0.25) is 0 Å². The fraction of sp³-hybridized carbons (Fsp3) is 0.286. The van der Waals surface area contributed by atoms with Gasteiger partial charge in [0.25, 0.3) is 0 Å². The van der Waals surface area contributed by atoms with Crippen LogP contribution in [-0.2, 0) is 5.75 Å². The number of hydrogen-bond acceptors (Lipinski definition) is 3. The maximum Gasteiger partial charge on any atom is 0.188 e. The molecule has 2 aromatic rings. The maximum atomic E-state index is 4.43. The third-order valence-electron chi connectivity index (χ3n) is 2.58. The molecule has 0 saturated heterocycles. The SMILES string of the molecule is Cc1cc(C)nc(SCc2ccccc2C)n1. The zero-order valence-corrected chi connectivity index (χ0v) is 11.2. The van der Waals surface area contributed by atoms with E-state index in [-0.39, 0.29) is 0 Å². The van der Waals surface area contributed by atoms with E-state index in [1.54, 1.807) is 11.8 Å². The van der Waals surface area contributed by atoms with Crippen molar-refractivity contribution in [2.24, 2.45) is 0 Å². The Labute approximate surface area is 107 Å². The molecule has 1 aromatic heterocycles. The van der Waals surface area contributed by atoms with Crippen LogP contribution >= 0.6 is 11.8 Å². The topological polar surface area (TPSA) is 25.8 Å². The molecule has 0 aliphatic heterocycles. The predicted octanol–water partition coefficient (Wildman–Crippen LogP) is 3.69. The summed E-state index contributed by atoms with van der Waals surface area (Å²) in [4.78, 5) is 8.86. The fourth-order valence-corrected chi connectivity index (χ4v) is 2.70. The molecule has 0 aliphatic rings. The molecule has 0 fully saturated rings. The van der Waals surface area contributed by atoms with Crippen LogP contribution in [0.2, 0.25) is 0 Å². The van der Waals surface area contributed by atoms with Crippen molar-refractivity contribution in [1.82, 2.24) is 9.97 Å². The summed E-state index contributed by atoms with van der Waals surface area (Å²) in [6.45, 7) is 6.15. The van der Waals surface area contributed by atoms with E-state index in [4.69, 9.17) is 0 Å². The summed E-state index contributed by atoms with van der Waals surface area (Å²) in [5, 5.41) is 0.866. The molecule has 0 radical (unpaired) electrons. The lowest BCUT2D eigenvalue weighted by Crippen LogP contribution is -1.94. The van der Waals surface area contributed by atoms with Crippen LogP contribution in [0.4, 0.5) is 0 Å². The Balaban J connectivity index is 2.10. The van der Waals surface area contributed by atoms with Gasteiger partial charge in [-0.2, -0.15) is 0 Å². The summed E-state index contributed by atoms with van der Waals surface area (Å²) in [5.41, 5.74) is 4.74. The summed E-state index contributed by atoms with van der Waals surface area (Å²) in [7, 11) is 0. The Kier molecular flexibility index (Phi) is 3.79. The van der Waals surface area contributed by atoms with Crippen molar-refractivity contribution in [2.45, 2.75) is 31.7 Å². The summed E-state index contributed by atoms with van der Waals surface area (Å²) in [6, 6.07) is 10.4. The highest BCUT2D eigenvalue weighted by Gasteiger charge is 2.02. The van der Waals surface area contributed by atoms with Crippen LogP contribution in [0.3, 0.4) is 0 Å². The Morgan fingerprint density at radius 3 is 2.29 bits per heavy atom. The highest BCUT2D eigenvalue weighted by atomic mass is 32.2. The molecule has 2 rings (SSSR count). The lowest BCUT2D eigenvalue weighted by Gasteiger charge is -2.05. The summed E-state index contributed by atoms with van der Waals surface area (Å²) >= 11 is 1.69. The van der Waals surface area contributed by atoms with Gasteiger partial charge in [0.05, 0.1) is 0 Å². The first-order valence-electron chi connectivity index (χ1n) is 5.65. The molecule has 1 heterocycles. The number of aryl methyl sites for hydroxylation is 3. The van der Waals surface area contributed by atoms with Gasteiger partial charge in [0.15, 0.2) is 5.16 Å². The number of thioether (sulfide) groups is 1. The van der Waals surface area contributed by atoms with Crippen molar-refractivity contribution in [3.8, 4) is 0 Å². The average Bonchev–Trinajstić information content (AvgIpc) is 2.27. The largest absolute Gasteiger partial charge is 0.228 e. The molecule has 17 heavy (non-hydrogen) atoms. The minimum Gasteiger partial charge on any atom is -0.228 e. The van der Waals surface area contributed by atoms with E-state index in [1.807, 2.05) is 19.9 Å². The fourth-order valence-electron chi connectivity index (χ4n) is 1.67. The van der Waals surface area contributed by atoms with E-state index < -0.39 is 0 Å². The molecular weight excluding hydrogens is 228 g/mol. The molecule has 2 nitrogen and oxygen atoms in total. The molecule has 0 saturated carbocycles. The molecule has 0 spiro atoms. The first-order chi connectivity index (χ1) is 8.15. The number of rotatable bonds is 3. The van der Waals surface area contributed by atoms with Gasteiger partial charge in [-0.15, -0.1) is 0 Å². The molecule has 0 N–H and O–H groups in total. The zero-order chi connectivity index (χ0) is 12.3. The van der Waals surface area contributed by atoms with Gasteiger partial charge in [-0.1, -0.05) is 36.0 Å². The molecule has 1 aromatic carbocycles. The van der Waals surface area contributed by atoms with Gasteiger partial charge < -0.3 is 0 Å². The van der Waals surface area contributed by atoms with Gasteiger partial charge in [0, 0.05) is 17.1 Å². The summed E-state index contributed by atoms with van der Waals surface area (Å²) in [6.07, 6.45) is 0. The third-order valence-corrected chi connectivity index (χ3v) is 3.48. The highest BCUT2D eigenvalue weighted by Crippen LogP contribution is 2.21. The van der Waals surface area contributed by atoms with E-state index in [1.165, 1.54) is 11.1 Å². The molecule has 0 aliphatic carbocycles. The second-order valence-electron chi connectivity index (χ2n) is 4.15. The predicted molar refractivity (Wildman–Crippen MR) is 72.2 cm³/mol. The van der Waals surface area contributed by atoms with Gasteiger partial charge in [-0.05, 0) is 38.0 Å². The third kappa shape index (κ3) is 3.30. The van der Waals surface area contributed by atoms with E-state index >= 15 is 0 Å². The van der Waals surface area contributed by atoms with Crippen LogP contribution in [0.25, 0.3) is 0 Å². The van der Waals surface area contributed by atoms with E-state index in [9.17, 15) is 0 Å². The molecular formula is C14H16N2S. The summed E-state index contributed by atoms with van der Waals surface area (Å²) < 4.78 is 0. The first-order valence-corrected chi connectivity index (χ1v) is 6.63. The van der Waals surface area contributed by atoms with Gasteiger partial charge in [-0.25, -0.2) is 9.97 Å². The quantitative estimate of drug-likeness (QED) is 0.608. The minimum atomic E-state index is 0.866. The van der Waals surface area contributed by atoms with Crippen molar-refractivity contribution in [2.75, 3.05) is 0 Å². The van der Waals surface area contributed by atoms with Crippen LogP contribution in [0.1, 0.15) is 22.5 Å². The van der Waals surface area contributed by atoms with Crippen LogP contribution in [0.5, 0.6) is 0 Å². The van der Waals surface area contributed by atoms with E-state index in [0.29, 0.717) is 0 Å². The number of hydrogen-bond donors (Lipinski definition) is 0. The standard InChI is InChI=1S/C14H16N2S/c1-10-6-4-5-7-13(10)9-17-14-15-11(2)8-12(3)16-14/h4-8H,9H2,1-3H3. The normalized spacial score (nSPS) is 10.5. The second-order valence-corrected chi connectivity index (χ2v) is 5.09. The zero-order valence-electron chi connectivity index (χ0n) is 10.4. The highest BCUT2D eigenvalue weighted by molar-refractivity contribution is 7.98. The Bertz CT molecular complexity index is 503. The van der Waals surface area contributed by atoms with Gasteiger partial charge >= 0.3 is 0 Å². The monoisotopic (exact) mass is 244 g/mol. The second kappa shape index (κ2) is 5.32. The smallest absolute Gasteiger partial charge is 0.188 e. The van der Waals surface area contributed by atoms with E-state index in [2.05, 4.69) is 41.2 Å². The van der Waals surface area contributed by atoms with E-state index in [0.717, 1.165) is 22.3 Å². The molecule has 0 unspecified atom stereocenters. The lowest BCUT2D eigenvalue weighted by atomic mass is 10.1. The van der Waals surface area contributed by atoms with Crippen LogP contribution in [0, 0.1) is 20.8 Å². The molecule has 0 amide bonds. The van der Waals surface area contributed by atoms with Crippen molar-refractivity contribution in [3.63, 3.8) is 0 Å². The van der Waals surface area contributed by atoms with Crippen LogP contribution in [-0.4, -0.2) is 9.97 Å². The Hall–Kier alpha value is -1.35. The lowest BCUT2D eigenvalue weighted by molar-refractivity contribution is 0.901. The maximum absolute atomic E-state index is 4.43. The first kappa shape index (κ1) is 12.1. The number of nitrogens with zero attached hydrogens (tertiary/aromatic N) is 2. The molecule has 88 valence electrons. The van der Waals surface area contributed by atoms with Crippen LogP contribution in [0.15, 0.2) is 35.5 Å². The average molecular weight is 244 g/mol. The number of aromatic nitrogens is 2. The van der Waals surface area contributed by atoms with Crippen molar-refractivity contribution in [3.05, 3.63) is 52.8 Å². The van der Waals surface area contributed by atoms with Crippen LogP contribution < -0.4 is 0 Å². The van der Waals surface area contributed by atoms with Gasteiger partial charge in [0.1, 0.15) is 0 Å². The molecule has 0 atom stereocenters. The van der Waals surface area contributed by atoms with Gasteiger partial charge in [-0.3, -0.25) is 0 Å². The van der Waals surface area contributed by atoms with Crippen molar-refractivity contribution in [1.29, 1.82) is 0 Å². The minimum absolute atomic E-state index is 0.866. The molecule has 0 bridgehead atoms.